The van der Waals surface area contributed by atoms with Crippen molar-refractivity contribution < 1.29 is 4.52 Å². The van der Waals surface area contributed by atoms with Gasteiger partial charge in [0.25, 0.3) is 0 Å². The summed E-state index contributed by atoms with van der Waals surface area (Å²) in [5, 5.41) is 3.24. The van der Waals surface area contributed by atoms with Crippen LogP contribution in [0.4, 0.5) is 0 Å². The van der Waals surface area contributed by atoms with Crippen molar-refractivity contribution in [3.05, 3.63) is 12.7 Å². The lowest BCUT2D eigenvalue weighted by atomic mass is 10.0. The highest BCUT2D eigenvalue weighted by Gasteiger charge is 1.96. The van der Waals surface area contributed by atoms with Gasteiger partial charge < -0.3 is 4.52 Å². The molecule has 90 valence electrons. The lowest BCUT2D eigenvalue weighted by Crippen LogP contribution is -1.93. The number of nitrogens with zero attached hydrogens (tertiary/aromatic N) is 2. The Morgan fingerprint density at radius 1 is 0.800 bits per heavy atom. The van der Waals surface area contributed by atoms with Gasteiger partial charge in [-0.2, -0.15) is 0 Å². The minimum atomic E-state index is 0.500. The van der Waals surface area contributed by atoms with Gasteiger partial charge in [-0.05, 0) is 10.8 Å². The lowest BCUT2D eigenvalue weighted by molar-refractivity contribution is 0.416. The minimum Gasteiger partial charge on any atom is -0.343 e. The Morgan fingerprint density at radius 3 is 1.20 bits per heavy atom. The average Bonchev–Trinajstić information content (AvgIpc) is 2.28. The summed E-state index contributed by atoms with van der Waals surface area (Å²) in [6.45, 7) is 17.5. The Balaban J connectivity index is 0. The van der Waals surface area contributed by atoms with Crippen molar-refractivity contribution in [3.8, 4) is 0 Å². The fraction of sp³-hybridized carbons (Fsp3) is 0.833. The Morgan fingerprint density at radius 2 is 1.13 bits per heavy atom. The normalized spacial score (nSPS) is 10.7. The van der Waals surface area contributed by atoms with E-state index in [0.29, 0.717) is 10.8 Å². The van der Waals surface area contributed by atoms with Crippen LogP contribution in [0.1, 0.15) is 55.4 Å². The van der Waals surface area contributed by atoms with E-state index in [1.165, 1.54) is 12.7 Å². The van der Waals surface area contributed by atoms with E-state index in [0.717, 1.165) is 0 Å². The topological polar surface area (TPSA) is 38.9 Å². The monoisotopic (exact) mass is 214 g/mol. The molecule has 0 amide bonds. The maximum Gasteiger partial charge on any atom is 0.213 e. The fourth-order valence-corrected chi connectivity index (χ4v) is 0.136. The van der Waals surface area contributed by atoms with Gasteiger partial charge in [0.2, 0.25) is 6.39 Å². The van der Waals surface area contributed by atoms with Gasteiger partial charge in [0.15, 0.2) is 6.33 Å². The van der Waals surface area contributed by atoms with Crippen molar-refractivity contribution in [2.45, 2.75) is 55.4 Å². The van der Waals surface area contributed by atoms with Gasteiger partial charge in [-0.3, -0.25) is 0 Å². The predicted octanol–water partition coefficient (Wildman–Crippen LogP) is 4.17. The van der Waals surface area contributed by atoms with Crippen molar-refractivity contribution in [3.63, 3.8) is 0 Å². The molecule has 0 atom stereocenters. The highest BCUT2D eigenvalue weighted by atomic mass is 16.5. The van der Waals surface area contributed by atoms with Crippen LogP contribution in [0.2, 0.25) is 0 Å². The molecule has 0 aliphatic rings. The molecule has 1 rings (SSSR count). The molecule has 0 N–H and O–H groups in total. The van der Waals surface area contributed by atoms with Gasteiger partial charge in [-0.25, -0.2) is 4.98 Å². The van der Waals surface area contributed by atoms with E-state index < -0.39 is 0 Å². The van der Waals surface area contributed by atoms with Gasteiger partial charge in [0, 0.05) is 0 Å². The molecule has 3 nitrogen and oxygen atoms in total. The second-order valence-electron chi connectivity index (χ2n) is 6.58. The van der Waals surface area contributed by atoms with Crippen LogP contribution in [-0.2, 0) is 0 Å². The van der Waals surface area contributed by atoms with Gasteiger partial charge in [-0.1, -0.05) is 60.5 Å². The summed E-state index contributed by atoms with van der Waals surface area (Å²) in [7, 11) is 0. The summed E-state index contributed by atoms with van der Waals surface area (Å²) in [5.74, 6) is 0. The fourth-order valence-electron chi connectivity index (χ4n) is 0.136. The van der Waals surface area contributed by atoms with E-state index in [1.54, 1.807) is 0 Å². The molecule has 0 aliphatic heterocycles. The van der Waals surface area contributed by atoms with E-state index in [9.17, 15) is 0 Å². The zero-order valence-electron chi connectivity index (χ0n) is 11.5. The van der Waals surface area contributed by atoms with Gasteiger partial charge in [-0.15, -0.1) is 0 Å². The first-order valence-corrected chi connectivity index (χ1v) is 5.19. The van der Waals surface area contributed by atoms with Crippen molar-refractivity contribution >= 4 is 0 Å². The number of aromatic nitrogens is 2. The summed E-state index contributed by atoms with van der Waals surface area (Å²) in [6.07, 6.45) is 2.60. The smallest absolute Gasteiger partial charge is 0.213 e. The minimum absolute atomic E-state index is 0.500. The first-order valence-electron chi connectivity index (χ1n) is 5.19. The molecule has 1 heterocycles. The molecule has 0 saturated heterocycles. The van der Waals surface area contributed by atoms with E-state index in [1.807, 2.05) is 0 Å². The third-order valence-electron chi connectivity index (χ3n) is 0.283. The molecule has 3 heteroatoms. The number of hydrogen-bond acceptors (Lipinski definition) is 3. The standard InChI is InChI=1S/2C5H12.C2H2N2O/c2*1-5(2,3)4;1-3-2-5-4-1/h2*1-4H3;1-2H. The number of rotatable bonds is 0. The maximum absolute atomic E-state index is 4.22. The molecule has 1 aromatic rings. The molecule has 0 saturated carbocycles. The number of hydrogen-bond donors (Lipinski definition) is 0. The molecular formula is C12H26N2O. The van der Waals surface area contributed by atoms with Crippen LogP contribution in [0.25, 0.3) is 0 Å². The summed E-state index contributed by atoms with van der Waals surface area (Å²) in [5.41, 5.74) is 1.00. The van der Waals surface area contributed by atoms with Crippen molar-refractivity contribution in [2.24, 2.45) is 10.8 Å². The van der Waals surface area contributed by atoms with Crippen molar-refractivity contribution in [2.75, 3.05) is 0 Å². The van der Waals surface area contributed by atoms with Gasteiger partial charge in [0.05, 0.1) is 0 Å². The molecule has 1 aromatic heterocycles. The van der Waals surface area contributed by atoms with Crippen LogP contribution in [0.5, 0.6) is 0 Å². The van der Waals surface area contributed by atoms with Crippen LogP contribution in [0.15, 0.2) is 17.2 Å². The summed E-state index contributed by atoms with van der Waals surface area (Å²) in [6, 6.07) is 0. The average molecular weight is 214 g/mol. The Kier molecular flexibility index (Phi) is 8.21. The Labute approximate surface area is 94.3 Å². The third-order valence-corrected chi connectivity index (χ3v) is 0.283. The quantitative estimate of drug-likeness (QED) is 0.650. The molecular weight excluding hydrogens is 188 g/mol. The van der Waals surface area contributed by atoms with Gasteiger partial charge >= 0.3 is 0 Å². The van der Waals surface area contributed by atoms with Crippen molar-refractivity contribution in [1.29, 1.82) is 0 Å². The van der Waals surface area contributed by atoms with Crippen molar-refractivity contribution in [1.82, 2.24) is 10.1 Å². The predicted molar refractivity (Wildman–Crippen MR) is 64.6 cm³/mol. The molecule has 0 bridgehead atoms. The van der Waals surface area contributed by atoms with Gasteiger partial charge in [0.1, 0.15) is 0 Å². The van der Waals surface area contributed by atoms with Crippen LogP contribution in [0.3, 0.4) is 0 Å². The summed E-state index contributed by atoms with van der Waals surface area (Å²) in [4.78, 5) is 3.44. The van der Waals surface area contributed by atoms with Crippen LogP contribution in [0, 0.1) is 10.8 Å². The van der Waals surface area contributed by atoms with Crippen LogP contribution >= 0.6 is 0 Å². The lowest BCUT2D eigenvalue weighted by Gasteiger charge is -2.05. The Hall–Kier alpha value is -0.860. The van der Waals surface area contributed by atoms with E-state index in [-0.39, 0.29) is 0 Å². The van der Waals surface area contributed by atoms with E-state index in [2.05, 4.69) is 70.1 Å². The molecule has 0 unspecified atom stereocenters. The molecule has 15 heavy (non-hydrogen) atoms. The third kappa shape index (κ3) is 95.1. The second-order valence-corrected chi connectivity index (χ2v) is 6.58. The SMILES string of the molecule is CC(C)(C)C.CC(C)(C)C.c1ncon1. The highest BCUT2D eigenvalue weighted by molar-refractivity contribution is 4.47. The summed E-state index contributed by atoms with van der Waals surface area (Å²) < 4.78 is 4.22. The van der Waals surface area contributed by atoms with Crippen LogP contribution < -0.4 is 0 Å². The molecule has 0 aromatic carbocycles. The molecule has 0 aliphatic carbocycles. The first-order chi connectivity index (χ1) is 6.50. The highest BCUT2D eigenvalue weighted by Crippen LogP contribution is 2.08. The zero-order valence-corrected chi connectivity index (χ0v) is 11.5. The van der Waals surface area contributed by atoms with Crippen LogP contribution in [-0.4, -0.2) is 10.1 Å². The van der Waals surface area contributed by atoms with E-state index in [4.69, 9.17) is 0 Å². The Bertz CT molecular complexity index is 163. The maximum atomic E-state index is 4.22. The molecule has 0 fully saturated rings. The van der Waals surface area contributed by atoms with E-state index >= 15 is 0 Å². The molecule has 0 radical (unpaired) electrons. The first kappa shape index (κ1) is 16.6. The largest absolute Gasteiger partial charge is 0.343 e. The zero-order chi connectivity index (χ0) is 12.5. The molecule has 0 spiro atoms. The second kappa shape index (κ2) is 7.43. The summed E-state index contributed by atoms with van der Waals surface area (Å²) >= 11 is 0.